The van der Waals surface area contributed by atoms with Crippen molar-refractivity contribution in [2.24, 2.45) is 5.73 Å². The molecule has 0 unspecified atom stereocenters. The smallest absolute Gasteiger partial charge is 0.249 e. The van der Waals surface area contributed by atoms with Crippen LogP contribution in [0.4, 0.5) is 11.5 Å². The van der Waals surface area contributed by atoms with Gasteiger partial charge in [-0.15, -0.1) is 0 Å². The van der Waals surface area contributed by atoms with Crippen LogP contribution in [0.15, 0.2) is 60.7 Å². The van der Waals surface area contributed by atoms with Gasteiger partial charge in [0.2, 0.25) is 5.91 Å². The average molecular weight is 332 g/mol. The molecular formula is C20H20N4O. The van der Waals surface area contributed by atoms with Crippen molar-refractivity contribution in [1.29, 1.82) is 0 Å². The molecule has 126 valence electrons. The van der Waals surface area contributed by atoms with Crippen LogP contribution in [0, 0.1) is 0 Å². The molecule has 1 atom stereocenters. The number of hydrogen-bond acceptors (Lipinski definition) is 4. The van der Waals surface area contributed by atoms with E-state index in [0.717, 1.165) is 41.9 Å². The maximum Gasteiger partial charge on any atom is 0.249 e. The molecule has 3 aromatic rings. The molecule has 1 aliphatic heterocycles. The number of nitrogens with zero attached hydrogens (tertiary/aromatic N) is 2. The van der Waals surface area contributed by atoms with Crippen LogP contribution in [-0.4, -0.2) is 30.0 Å². The molecule has 1 saturated heterocycles. The molecule has 0 bridgehead atoms. The van der Waals surface area contributed by atoms with Crippen molar-refractivity contribution < 1.29 is 4.79 Å². The number of pyridine rings is 1. The first-order valence-electron chi connectivity index (χ1n) is 8.47. The number of carbonyl (C=O) groups is 1. The molecule has 1 aliphatic rings. The Bertz CT molecular complexity index is 910. The first kappa shape index (κ1) is 15.4. The second-order valence-electron chi connectivity index (χ2n) is 6.35. The summed E-state index contributed by atoms with van der Waals surface area (Å²) in [4.78, 5) is 18.8. The first-order valence-corrected chi connectivity index (χ1v) is 8.47. The van der Waals surface area contributed by atoms with Gasteiger partial charge >= 0.3 is 0 Å². The van der Waals surface area contributed by atoms with E-state index in [2.05, 4.69) is 22.3 Å². The van der Waals surface area contributed by atoms with E-state index in [1.54, 1.807) is 0 Å². The van der Waals surface area contributed by atoms with Gasteiger partial charge in [0.1, 0.15) is 5.82 Å². The molecule has 0 aliphatic carbocycles. The van der Waals surface area contributed by atoms with Gasteiger partial charge in [-0.2, -0.15) is 0 Å². The first-order chi connectivity index (χ1) is 12.2. The van der Waals surface area contributed by atoms with Crippen molar-refractivity contribution in [3.8, 4) is 0 Å². The standard InChI is InChI=1S/C20H20N4O/c21-20(25)17-12-19(23-18-9-5-4-8-16(17)18)24-11-10-15(13-24)22-14-6-2-1-3-7-14/h1-9,12,15,22H,10-11,13H2,(H2,21,25)/t15-/m1/s1. The van der Waals surface area contributed by atoms with Gasteiger partial charge in [0.05, 0.1) is 11.1 Å². The Morgan fingerprint density at radius 3 is 2.68 bits per heavy atom. The Kier molecular flexibility index (Phi) is 3.98. The van der Waals surface area contributed by atoms with Crippen LogP contribution in [0.25, 0.3) is 10.9 Å². The van der Waals surface area contributed by atoms with E-state index in [-0.39, 0.29) is 0 Å². The largest absolute Gasteiger partial charge is 0.380 e. The minimum absolute atomic E-state index is 0.354. The Hall–Kier alpha value is -3.08. The number of aromatic nitrogens is 1. The second-order valence-corrected chi connectivity index (χ2v) is 6.35. The van der Waals surface area contributed by atoms with Crippen LogP contribution in [0.3, 0.4) is 0 Å². The Morgan fingerprint density at radius 1 is 1.12 bits per heavy atom. The highest BCUT2D eigenvalue weighted by molar-refractivity contribution is 6.06. The Morgan fingerprint density at radius 2 is 1.88 bits per heavy atom. The fraction of sp³-hybridized carbons (Fsp3) is 0.200. The fourth-order valence-corrected chi connectivity index (χ4v) is 3.38. The van der Waals surface area contributed by atoms with E-state index < -0.39 is 5.91 Å². The van der Waals surface area contributed by atoms with E-state index >= 15 is 0 Å². The minimum Gasteiger partial charge on any atom is -0.380 e. The molecule has 4 rings (SSSR count). The van der Waals surface area contributed by atoms with Gasteiger partial charge in [0, 0.05) is 30.2 Å². The zero-order chi connectivity index (χ0) is 17.2. The summed E-state index contributed by atoms with van der Waals surface area (Å²) in [7, 11) is 0. The van der Waals surface area contributed by atoms with E-state index in [0.29, 0.717) is 11.6 Å². The number of primary amides is 1. The summed E-state index contributed by atoms with van der Waals surface area (Å²) in [5, 5.41) is 4.36. The lowest BCUT2D eigenvalue weighted by Crippen LogP contribution is -2.27. The summed E-state index contributed by atoms with van der Waals surface area (Å²) in [5.41, 5.74) is 8.03. The Balaban J connectivity index is 1.59. The van der Waals surface area contributed by atoms with Crippen molar-refractivity contribution in [3.05, 3.63) is 66.2 Å². The quantitative estimate of drug-likeness (QED) is 0.770. The van der Waals surface area contributed by atoms with E-state index in [1.165, 1.54) is 0 Å². The SMILES string of the molecule is NC(=O)c1cc(N2CC[C@@H](Nc3ccccc3)C2)nc2ccccc12. The molecule has 1 fully saturated rings. The third-order valence-electron chi connectivity index (χ3n) is 4.62. The van der Waals surface area contributed by atoms with Crippen LogP contribution < -0.4 is 16.0 Å². The lowest BCUT2D eigenvalue weighted by Gasteiger charge is -2.20. The predicted octanol–water partition coefficient (Wildman–Crippen LogP) is 3.02. The molecular weight excluding hydrogens is 312 g/mol. The van der Waals surface area contributed by atoms with Gasteiger partial charge in [0.25, 0.3) is 0 Å². The molecule has 25 heavy (non-hydrogen) atoms. The number of benzene rings is 2. The summed E-state index contributed by atoms with van der Waals surface area (Å²) in [6, 6.07) is 20.0. The number of para-hydroxylation sites is 2. The van der Waals surface area contributed by atoms with Gasteiger partial charge in [-0.1, -0.05) is 36.4 Å². The van der Waals surface area contributed by atoms with E-state index in [1.807, 2.05) is 48.5 Å². The summed E-state index contributed by atoms with van der Waals surface area (Å²) in [6.45, 7) is 1.74. The number of amides is 1. The number of fused-ring (bicyclic) bond motifs is 1. The molecule has 0 radical (unpaired) electrons. The van der Waals surface area contributed by atoms with Gasteiger partial charge in [-0.05, 0) is 30.7 Å². The maximum atomic E-state index is 11.9. The summed E-state index contributed by atoms with van der Waals surface area (Å²) < 4.78 is 0. The number of nitrogens with two attached hydrogens (primary N) is 1. The molecule has 0 spiro atoms. The number of hydrogen-bond donors (Lipinski definition) is 2. The number of carbonyl (C=O) groups excluding carboxylic acids is 1. The molecule has 2 heterocycles. The molecule has 1 amide bonds. The van der Waals surface area contributed by atoms with E-state index in [4.69, 9.17) is 10.7 Å². The number of anilines is 2. The topological polar surface area (TPSA) is 71.2 Å². The maximum absolute atomic E-state index is 11.9. The summed E-state index contributed by atoms with van der Waals surface area (Å²) in [5.74, 6) is 0.392. The molecule has 2 aromatic carbocycles. The van der Waals surface area contributed by atoms with Gasteiger partial charge < -0.3 is 16.0 Å². The summed E-state index contributed by atoms with van der Waals surface area (Å²) in [6.07, 6.45) is 1.02. The number of nitrogens with one attached hydrogen (secondary N) is 1. The lowest BCUT2D eigenvalue weighted by atomic mass is 10.1. The van der Waals surface area contributed by atoms with Gasteiger partial charge in [-0.25, -0.2) is 4.98 Å². The second kappa shape index (κ2) is 6.43. The summed E-state index contributed by atoms with van der Waals surface area (Å²) >= 11 is 0. The molecule has 1 aromatic heterocycles. The predicted molar refractivity (Wildman–Crippen MR) is 101 cm³/mol. The fourth-order valence-electron chi connectivity index (χ4n) is 3.38. The normalized spacial score (nSPS) is 17.0. The molecule has 5 heteroatoms. The van der Waals surface area contributed by atoms with E-state index in [9.17, 15) is 4.79 Å². The van der Waals surface area contributed by atoms with Gasteiger partial charge in [-0.3, -0.25) is 4.79 Å². The van der Waals surface area contributed by atoms with Crippen molar-refractivity contribution >= 4 is 28.3 Å². The van der Waals surface area contributed by atoms with Crippen LogP contribution in [0.1, 0.15) is 16.8 Å². The monoisotopic (exact) mass is 332 g/mol. The highest BCUT2D eigenvalue weighted by atomic mass is 16.1. The number of rotatable bonds is 4. The minimum atomic E-state index is -0.419. The third-order valence-corrected chi connectivity index (χ3v) is 4.62. The van der Waals surface area contributed by atoms with Crippen LogP contribution >= 0.6 is 0 Å². The van der Waals surface area contributed by atoms with Gasteiger partial charge in [0.15, 0.2) is 0 Å². The highest BCUT2D eigenvalue weighted by Crippen LogP contribution is 2.26. The molecule has 0 saturated carbocycles. The average Bonchev–Trinajstić information content (AvgIpc) is 3.10. The van der Waals surface area contributed by atoms with Crippen molar-refractivity contribution in [1.82, 2.24) is 4.98 Å². The van der Waals surface area contributed by atoms with Crippen LogP contribution in [-0.2, 0) is 0 Å². The van der Waals surface area contributed by atoms with Crippen LogP contribution in [0.2, 0.25) is 0 Å². The molecule has 5 nitrogen and oxygen atoms in total. The van der Waals surface area contributed by atoms with Crippen LogP contribution in [0.5, 0.6) is 0 Å². The highest BCUT2D eigenvalue weighted by Gasteiger charge is 2.24. The van der Waals surface area contributed by atoms with Crippen molar-refractivity contribution in [2.45, 2.75) is 12.5 Å². The third kappa shape index (κ3) is 3.13. The van der Waals surface area contributed by atoms with Crippen molar-refractivity contribution in [3.63, 3.8) is 0 Å². The molecule has 3 N–H and O–H groups in total. The zero-order valence-corrected chi connectivity index (χ0v) is 13.9. The zero-order valence-electron chi connectivity index (χ0n) is 13.9. The lowest BCUT2D eigenvalue weighted by molar-refractivity contribution is 0.100. The Labute approximate surface area is 146 Å². The van der Waals surface area contributed by atoms with Crippen molar-refractivity contribution in [2.75, 3.05) is 23.3 Å².